The van der Waals surface area contributed by atoms with Crippen LogP contribution in [0.25, 0.3) is 22.0 Å². The zero-order valence-electron chi connectivity index (χ0n) is 34.0. The zero-order chi connectivity index (χ0) is 41.9. The molecule has 2 aromatic carbocycles. The van der Waals surface area contributed by atoms with Crippen LogP contribution < -0.4 is 9.64 Å². The van der Waals surface area contributed by atoms with Gasteiger partial charge in [-0.05, 0) is 107 Å². The molecule has 8 rings (SSSR count). The number of pyridine rings is 1. The molecular weight excluding hydrogens is 813 g/mol. The molecule has 16 heteroatoms. The van der Waals surface area contributed by atoms with Crippen molar-refractivity contribution in [2.75, 3.05) is 44.2 Å². The van der Waals surface area contributed by atoms with Gasteiger partial charge < -0.3 is 24.2 Å². The Kier molecular flexibility index (Phi) is 11.2. The number of carboxylic acids is 1. The lowest BCUT2D eigenvalue weighted by Gasteiger charge is -2.35. The van der Waals surface area contributed by atoms with Gasteiger partial charge in [-0.1, -0.05) is 29.3 Å². The standard InChI is InChI=1S/C43H49Cl2N7O6S/c1-25-20-31(21-26(2)39(25)45)58-19-6-8-33-34-11-12-35(44)38(37-27(3)47-48(5)28(37)4)40(34)52-14-7-13-50(42(53)41(33)52)24-30-22-29(43(54)55)23-36(46-30)49-15-17-51(18-16-49)59(56,57)32-9-10-32/h11-12,20-23,32H,6-10,13-19,24H2,1-5H3,(H,54,55). The van der Waals surface area contributed by atoms with E-state index in [2.05, 4.69) is 4.57 Å². The summed E-state index contributed by atoms with van der Waals surface area (Å²) in [6.07, 6.45) is 3.21. The number of halogens is 2. The van der Waals surface area contributed by atoms with E-state index in [-0.39, 0.29) is 23.3 Å². The van der Waals surface area contributed by atoms with E-state index in [1.54, 1.807) is 4.90 Å². The van der Waals surface area contributed by atoms with Crippen molar-refractivity contribution in [2.24, 2.45) is 7.05 Å². The van der Waals surface area contributed by atoms with Crippen molar-refractivity contribution >= 4 is 61.8 Å². The molecule has 0 unspecified atom stereocenters. The zero-order valence-corrected chi connectivity index (χ0v) is 36.3. The van der Waals surface area contributed by atoms with Crippen molar-refractivity contribution in [3.63, 3.8) is 0 Å². The number of benzene rings is 2. The van der Waals surface area contributed by atoms with Gasteiger partial charge in [-0.25, -0.2) is 18.2 Å². The Morgan fingerprint density at radius 3 is 2.31 bits per heavy atom. The Balaban J connectivity index is 1.13. The number of aryl methyl sites for hydroxylation is 6. The lowest BCUT2D eigenvalue weighted by atomic mass is 9.98. The lowest BCUT2D eigenvalue weighted by Crippen LogP contribution is -2.50. The molecule has 59 heavy (non-hydrogen) atoms. The number of anilines is 1. The molecular formula is C43H49Cl2N7O6S. The number of ether oxygens (including phenoxy) is 1. The van der Waals surface area contributed by atoms with Gasteiger partial charge in [0.25, 0.3) is 5.91 Å². The van der Waals surface area contributed by atoms with Crippen molar-refractivity contribution in [3.05, 3.63) is 91.5 Å². The van der Waals surface area contributed by atoms with Gasteiger partial charge in [0.15, 0.2) is 0 Å². The number of nitrogens with zero attached hydrogens (tertiary/aromatic N) is 7. The molecule has 0 bridgehead atoms. The summed E-state index contributed by atoms with van der Waals surface area (Å²) < 4.78 is 37.5. The Morgan fingerprint density at radius 1 is 0.949 bits per heavy atom. The predicted molar refractivity (Wildman–Crippen MR) is 230 cm³/mol. The largest absolute Gasteiger partial charge is 0.494 e. The van der Waals surface area contributed by atoms with Crippen molar-refractivity contribution in [3.8, 4) is 16.9 Å². The van der Waals surface area contributed by atoms with Gasteiger partial charge in [-0.3, -0.25) is 9.48 Å². The molecule has 5 heterocycles. The summed E-state index contributed by atoms with van der Waals surface area (Å²) in [4.78, 5) is 36.0. The molecule has 0 atom stereocenters. The quantitative estimate of drug-likeness (QED) is 0.128. The Bertz CT molecular complexity index is 2590. The summed E-state index contributed by atoms with van der Waals surface area (Å²) >= 11 is 13.5. The van der Waals surface area contributed by atoms with Crippen LogP contribution in [0.1, 0.15) is 80.3 Å². The van der Waals surface area contributed by atoms with Gasteiger partial charge in [0.1, 0.15) is 17.3 Å². The molecule has 13 nitrogen and oxygen atoms in total. The maximum atomic E-state index is 15.1. The molecule has 2 fully saturated rings. The van der Waals surface area contributed by atoms with Gasteiger partial charge in [0.2, 0.25) is 10.0 Å². The third-order valence-corrected chi connectivity index (χ3v) is 15.2. The third kappa shape index (κ3) is 7.80. The molecule has 3 aliphatic rings. The Labute approximate surface area is 354 Å². The van der Waals surface area contributed by atoms with Gasteiger partial charge >= 0.3 is 5.97 Å². The second kappa shape index (κ2) is 16.1. The fourth-order valence-electron chi connectivity index (χ4n) is 8.72. The minimum atomic E-state index is -3.32. The number of hydrogen-bond acceptors (Lipinski definition) is 8. The third-order valence-electron chi connectivity index (χ3n) is 11.9. The Morgan fingerprint density at radius 2 is 1.66 bits per heavy atom. The molecule has 312 valence electrons. The fraction of sp³-hybridized carbons (Fsp3) is 0.442. The van der Waals surface area contributed by atoms with Gasteiger partial charge in [-0.2, -0.15) is 9.40 Å². The average Bonchev–Trinajstić information content (AvgIpc) is 4.00. The number of aromatic nitrogens is 4. The normalized spacial score (nSPS) is 16.5. The van der Waals surface area contributed by atoms with E-state index in [0.29, 0.717) is 100 Å². The number of hydrogen-bond donors (Lipinski definition) is 1. The number of piperazine rings is 1. The summed E-state index contributed by atoms with van der Waals surface area (Å²) in [5, 5.41) is 16.8. The van der Waals surface area contributed by atoms with Crippen molar-refractivity contribution in [1.29, 1.82) is 0 Å². The minimum absolute atomic E-state index is 0.0580. The fourth-order valence-corrected chi connectivity index (χ4v) is 10.9. The van der Waals surface area contributed by atoms with Gasteiger partial charge in [0.05, 0.1) is 45.9 Å². The van der Waals surface area contributed by atoms with Crippen LogP contribution in [0.2, 0.25) is 10.0 Å². The number of carbonyl (C=O) groups excluding carboxylic acids is 1. The maximum absolute atomic E-state index is 15.1. The highest BCUT2D eigenvalue weighted by Crippen LogP contribution is 2.43. The van der Waals surface area contributed by atoms with Crippen molar-refractivity contribution < 1.29 is 27.9 Å². The van der Waals surface area contributed by atoms with E-state index < -0.39 is 16.0 Å². The van der Waals surface area contributed by atoms with Gasteiger partial charge in [0, 0.05) is 73.5 Å². The molecule has 1 saturated heterocycles. The molecule has 3 aromatic heterocycles. The molecule has 1 N–H and O–H groups in total. The van der Waals surface area contributed by atoms with Crippen LogP contribution in [-0.4, -0.2) is 98.5 Å². The number of rotatable bonds is 12. The average molecular weight is 863 g/mol. The van der Waals surface area contributed by atoms with Crippen LogP contribution in [0, 0.1) is 27.7 Å². The van der Waals surface area contributed by atoms with Crippen molar-refractivity contribution in [1.82, 2.24) is 28.5 Å². The first-order valence-electron chi connectivity index (χ1n) is 20.1. The van der Waals surface area contributed by atoms with E-state index in [9.17, 15) is 18.3 Å². The summed E-state index contributed by atoms with van der Waals surface area (Å²) in [7, 11) is -1.41. The number of sulfonamides is 1. The van der Waals surface area contributed by atoms with Crippen molar-refractivity contribution in [2.45, 2.75) is 78.1 Å². The first-order chi connectivity index (χ1) is 28.1. The highest BCUT2D eigenvalue weighted by atomic mass is 35.5. The van der Waals surface area contributed by atoms with E-state index >= 15 is 4.79 Å². The molecule has 2 aliphatic heterocycles. The predicted octanol–water partition coefficient (Wildman–Crippen LogP) is 7.35. The Hall–Kier alpha value is -4.63. The molecule has 1 saturated carbocycles. The second-order valence-corrected chi connectivity index (χ2v) is 19.0. The first kappa shape index (κ1) is 41.1. The summed E-state index contributed by atoms with van der Waals surface area (Å²) in [5.74, 6) is -0.0910. The SMILES string of the molecule is Cc1cc(OCCCc2c3n(c4c(-c5c(C)nn(C)c5C)c(Cl)ccc24)CCCN(Cc2cc(C(=O)O)cc(N4CCN(S(=O)(=O)C5CC5)CC4)n2)C3=O)cc(C)c1Cl. The van der Waals surface area contributed by atoms with Crippen LogP contribution in [0.4, 0.5) is 5.82 Å². The van der Waals surface area contributed by atoms with Crippen LogP contribution >= 0.6 is 23.2 Å². The highest BCUT2D eigenvalue weighted by molar-refractivity contribution is 7.90. The van der Waals surface area contributed by atoms with Crippen LogP contribution in [0.5, 0.6) is 5.75 Å². The van der Waals surface area contributed by atoms with E-state index in [0.717, 1.165) is 60.9 Å². The molecule has 0 radical (unpaired) electrons. The number of amides is 1. The van der Waals surface area contributed by atoms with E-state index in [1.165, 1.54) is 16.4 Å². The summed E-state index contributed by atoms with van der Waals surface area (Å²) in [6.45, 7) is 10.8. The number of carboxylic acid groups (broad SMARTS) is 1. The summed E-state index contributed by atoms with van der Waals surface area (Å²) in [5.41, 5.74) is 8.32. The molecule has 5 aromatic rings. The van der Waals surface area contributed by atoms with E-state index in [1.807, 2.05) is 68.6 Å². The molecule has 1 amide bonds. The lowest BCUT2D eigenvalue weighted by molar-refractivity contribution is 0.0696. The van der Waals surface area contributed by atoms with Crippen LogP contribution in [0.3, 0.4) is 0 Å². The number of fused-ring (bicyclic) bond motifs is 3. The first-order valence-corrected chi connectivity index (χ1v) is 22.4. The highest BCUT2D eigenvalue weighted by Gasteiger charge is 2.41. The maximum Gasteiger partial charge on any atom is 0.335 e. The minimum Gasteiger partial charge on any atom is -0.494 e. The van der Waals surface area contributed by atoms with Crippen LogP contribution in [-0.2, 0) is 36.6 Å². The van der Waals surface area contributed by atoms with Gasteiger partial charge in [-0.15, -0.1) is 0 Å². The summed E-state index contributed by atoms with van der Waals surface area (Å²) in [6, 6.07) is 10.8. The second-order valence-electron chi connectivity index (χ2n) is 16.0. The number of carbonyl (C=O) groups is 2. The topological polar surface area (TPSA) is 143 Å². The smallest absolute Gasteiger partial charge is 0.335 e. The van der Waals surface area contributed by atoms with Crippen LogP contribution in [0.15, 0.2) is 36.4 Å². The molecule has 1 aliphatic carbocycles. The number of aromatic carboxylic acids is 1. The van der Waals surface area contributed by atoms with E-state index in [4.69, 9.17) is 38.0 Å². The monoisotopic (exact) mass is 861 g/mol. The molecule has 0 spiro atoms.